The van der Waals surface area contributed by atoms with Gasteiger partial charge in [-0.05, 0) is 71.3 Å². The number of rotatable bonds is 7. The van der Waals surface area contributed by atoms with Crippen LogP contribution in [-0.2, 0) is 5.75 Å². The summed E-state index contributed by atoms with van der Waals surface area (Å²) < 4.78 is 7.94. The number of hydrogen-bond donors (Lipinski definition) is 0. The summed E-state index contributed by atoms with van der Waals surface area (Å²) in [5, 5.41) is 22.0. The Labute approximate surface area is 225 Å². The Morgan fingerprint density at radius 1 is 1.00 bits per heavy atom. The van der Waals surface area contributed by atoms with E-state index in [2.05, 4.69) is 26.5 Å². The standard InChI is InChI=1S/C29H26N6O2S/c30-18-21-5-4-8-26(15-21)37-27-16-24-13-14-25(17-27)34(24)28(36)22-11-9-20(10-12-22)19-38-29-31-32-33-35(29)23-6-2-1-3-7-23/h1-12,15,24-25,27H,13-14,16-17,19H2/t24-,25+,27?. The zero-order valence-corrected chi connectivity index (χ0v) is 21.5. The normalized spacial score (nSPS) is 20.2. The van der Waals surface area contributed by atoms with Crippen LogP contribution >= 0.6 is 11.8 Å². The molecule has 9 heteroatoms. The van der Waals surface area contributed by atoms with Crippen molar-refractivity contribution >= 4 is 17.7 Å². The van der Waals surface area contributed by atoms with Gasteiger partial charge in [-0.2, -0.15) is 9.94 Å². The van der Waals surface area contributed by atoms with Crippen LogP contribution in [-0.4, -0.2) is 49.2 Å². The molecule has 0 aliphatic carbocycles. The Bertz CT molecular complexity index is 1450. The van der Waals surface area contributed by atoms with Crippen LogP contribution in [0, 0.1) is 11.3 Å². The maximum Gasteiger partial charge on any atom is 0.254 e. The summed E-state index contributed by atoms with van der Waals surface area (Å²) in [7, 11) is 0. The summed E-state index contributed by atoms with van der Waals surface area (Å²) >= 11 is 1.56. The molecule has 0 radical (unpaired) electrons. The number of carbonyl (C=O) groups excluding carboxylic acids is 1. The van der Waals surface area contributed by atoms with Gasteiger partial charge in [0.1, 0.15) is 11.9 Å². The van der Waals surface area contributed by atoms with E-state index >= 15 is 0 Å². The summed E-state index contributed by atoms with van der Waals surface area (Å²) in [4.78, 5) is 15.6. The minimum atomic E-state index is 0.0531. The van der Waals surface area contributed by atoms with Gasteiger partial charge in [0.25, 0.3) is 5.91 Å². The van der Waals surface area contributed by atoms with Gasteiger partial charge in [-0.25, -0.2) is 0 Å². The van der Waals surface area contributed by atoms with Crippen LogP contribution in [0.15, 0.2) is 84.0 Å². The van der Waals surface area contributed by atoms with Gasteiger partial charge in [-0.1, -0.05) is 48.2 Å². The van der Waals surface area contributed by atoms with E-state index < -0.39 is 0 Å². The first-order valence-electron chi connectivity index (χ1n) is 12.7. The molecule has 2 fully saturated rings. The number of tetrazole rings is 1. The van der Waals surface area contributed by atoms with Crippen molar-refractivity contribution in [3.63, 3.8) is 0 Å². The van der Waals surface area contributed by atoms with Crippen molar-refractivity contribution in [3.05, 3.63) is 95.6 Å². The van der Waals surface area contributed by atoms with Crippen LogP contribution in [0.4, 0.5) is 0 Å². The van der Waals surface area contributed by atoms with Gasteiger partial charge in [-0.15, -0.1) is 5.10 Å². The average Bonchev–Trinajstić information content (AvgIpc) is 3.54. The second-order valence-electron chi connectivity index (χ2n) is 9.64. The van der Waals surface area contributed by atoms with Gasteiger partial charge >= 0.3 is 0 Å². The molecule has 0 spiro atoms. The molecular weight excluding hydrogens is 496 g/mol. The number of ether oxygens (including phenoxy) is 1. The maximum atomic E-state index is 13.5. The van der Waals surface area contributed by atoms with E-state index in [0.29, 0.717) is 16.9 Å². The Hall–Kier alpha value is -4.16. The molecule has 2 aliphatic heterocycles. The Morgan fingerprint density at radius 2 is 1.76 bits per heavy atom. The Balaban J connectivity index is 1.07. The number of carbonyl (C=O) groups is 1. The molecule has 1 unspecified atom stereocenters. The number of benzene rings is 3. The lowest BCUT2D eigenvalue weighted by atomic mass is 9.98. The molecule has 1 aromatic heterocycles. The fraction of sp³-hybridized carbons (Fsp3) is 0.276. The summed E-state index contributed by atoms with van der Waals surface area (Å²) in [5.74, 6) is 1.51. The third-order valence-corrected chi connectivity index (χ3v) is 8.19. The van der Waals surface area contributed by atoms with Gasteiger partial charge in [0.05, 0.1) is 17.3 Å². The Kier molecular flexibility index (Phi) is 6.80. The minimum absolute atomic E-state index is 0.0531. The van der Waals surface area contributed by atoms with Gasteiger partial charge in [0.15, 0.2) is 0 Å². The SMILES string of the molecule is N#Cc1cccc(OC2C[C@H]3CC[C@@H](C2)N3C(=O)c2ccc(CSc3nnnn3-c3ccccc3)cc2)c1. The lowest BCUT2D eigenvalue weighted by Gasteiger charge is -2.39. The third kappa shape index (κ3) is 5.00. The number of fused-ring (bicyclic) bond motifs is 2. The van der Waals surface area contributed by atoms with Gasteiger partial charge in [0.2, 0.25) is 5.16 Å². The molecule has 0 saturated carbocycles. The van der Waals surface area contributed by atoms with E-state index in [0.717, 1.165) is 47.8 Å². The molecule has 38 heavy (non-hydrogen) atoms. The van der Waals surface area contributed by atoms with E-state index in [-0.39, 0.29) is 24.1 Å². The second kappa shape index (κ2) is 10.7. The fourth-order valence-corrected chi connectivity index (χ4v) is 6.27. The van der Waals surface area contributed by atoms with E-state index in [1.54, 1.807) is 28.6 Å². The lowest BCUT2D eigenvalue weighted by molar-refractivity contribution is 0.0359. The summed E-state index contributed by atoms with van der Waals surface area (Å²) in [5.41, 5.74) is 3.32. The smallest absolute Gasteiger partial charge is 0.254 e. The molecule has 2 bridgehead atoms. The quantitative estimate of drug-likeness (QED) is 0.314. The van der Waals surface area contributed by atoms with Gasteiger partial charge < -0.3 is 9.64 Å². The van der Waals surface area contributed by atoms with Crippen LogP contribution in [0.2, 0.25) is 0 Å². The van der Waals surface area contributed by atoms with Crippen molar-refractivity contribution in [1.29, 1.82) is 5.26 Å². The predicted octanol–water partition coefficient (Wildman–Crippen LogP) is 5.04. The number of thioether (sulfide) groups is 1. The van der Waals surface area contributed by atoms with Crippen LogP contribution in [0.1, 0.15) is 47.2 Å². The average molecular weight is 523 g/mol. The predicted molar refractivity (Wildman–Crippen MR) is 143 cm³/mol. The molecule has 1 amide bonds. The zero-order valence-electron chi connectivity index (χ0n) is 20.7. The number of nitrogens with zero attached hydrogens (tertiary/aromatic N) is 6. The van der Waals surface area contributed by atoms with Gasteiger partial charge in [-0.3, -0.25) is 4.79 Å². The molecule has 2 saturated heterocycles. The fourth-order valence-electron chi connectivity index (χ4n) is 5.43. The molecule has 3 heterocycles. The lowest BCUT2D eigenvalue weighted by Crippen LogP contribution is -2.49. The molecule has 3 atom stereocenters. The van der Waals surface area contributed by atoms with Crippen LogP contribution in [0.5, 0.6) is 5.75 Å². The summed E-state index contributed by atoms with van der Waals surface area (Å²) in [6.45, 7) is 0. The number of piperidine rings is 1. The molecular formula is C29H26N6O2S. The van der Waals surface area contributed by atoms with Crippen molar-refractivity contribution in [2.24, 2.45) is 0 Å². The largest absolute Gasteiger partial charge is 0.490 e. The highest BCUT2D eigenvalue weighted by atomic mass is 32.2. The highest BCUT2D eigenvalue weighted by Gasteiger charge is 2.44. The topological polar surface area (TPSA) is 96.9 Å². The number of amides is 1. The van der Waals surface area contributed by atoms with E-state index in [4.69, 9.17) is 10.00 Å². The molecule has 8 nitrogen and oxygen atoms in total. The van der Waals surface area contributed by atoms with Crippen molar-refractivity contribution in [2.75, 3.05) is 0 Å². The van der Waals surface area contributed by atoms with Crippen LogP contribution in [0.25, 0.3) is 5.69 Å². The van der Waals surface area contributed by atoms with Crippen molar-refractivity contribution in [3.8, 4) is 17.5 Å². The first kappa shape index (κ1) is 24.2. The van der Waals surface area contributed by atoms with E-state index in [1.807, 2.05) is 66.7 Å². The van der Waals surface area contributed by atoms with E-state index in [1.165, 1.54) is 0 Å². The zero-order chi connectivity index (χ0) is 25.9. The van der Waals surface area contributed by atoms with Gasteiger partial charge in [0, 0.05) is 36.2 Å². The number of hydrogen-bond acceptors (Lipinski definition) is 7. The number of aromatic nitrogens is 4. The third-order valence-electron chi connectivity index (χ3n) is 7.20. The van der Waals surface area contributed by atoms with Crippen LogP contribution in [0.3, 0.4) is 0 Å². The Morgan fingerprint density at radius 3 is 2.50 bits per heavy atom. The molecule has 4 aromatic rings. The number of nitriles is 1. The first-order valence-corrected chi connectivity index (χ1v) is 13.7. The minimum Gasteiger partial charge on any atom is -0.490 e. The molecule has 3 aromatic carbocycles. The summed E-state index contributed by atoms with van der Waals surface area (Å²) in [6.07, 6.45) is 3.67. The molecule has 190 valence electrons. The molecule has 0 N–H and O–H groups in total. The summed E-state index contributed by atoms with van der Waals surface area (Å²) in [6, 6.07) is 27.5. The maximum absolute atomic E-state index is 13.5. The van der Waals surface area contributed by atoms with Crippen molar-refractivity contribution < 1.29 is 9.53 Å². The van der Waals surface area contributed by atoms with Crippen LogP contribution < -0.4 is 4.74 Å². The highest BCUT2D eigenvalue weighted by molar-refractivity contribution is 7.98. The molecule has 6 rings (SSSR count). The first-order chi connectivity index (χ1) is 18.7. The van der Waals surface area contributed by atoms with Crippen molar-refractivity contribution in [2.45, 2.75) is 54.8 Å². The highest BCUT2D eigenvalue weighted by Crippen LogP contribution is 2.38. The molecule has 2 aliphatic rings. The number of para-hydroxylation sites is 1. The second-order valence-corrected chi connectivity index (χ2v) is 10.6. The van der Waals surface area contributed by atoms with E-state index in [9.17, 15) is 4.79 Å². The van der Waals surface area contributed by atoms with Crippen molar-refractivity contribution in [1.82, 2.24) is 25.1 Å². The monoisotopic (exact) mass is 522 g/mol.